The van der Waals surface area contributed by atoms with Crippen LogP contribution in [0.25, 0.3) is 5.78 Å². The number of hydrogen-bond donors (Lipinski definition) is 1. The fourth-order valence-corrected chi connectivity index (χ4v) is 4.72. The summed E-state index contributed by atoms with van der Waals surface area (Å²) < 4.78 is 23.2. The van der Waals surface area contributed by atoms with Crippen molar-refractivity contribution >= 4 is 27.7 Å². The third-order valence-electron chi connectivity index (χ3n) is 6.46. The minimum Gasteiger partial charge on any atom is -0.468 e. The molecule has 0 unspecified atom stereocenters. The molecule has 10 heteroatoms. The number of carbonyl (C=O) groups is 1. The first-order valence-electron chi connectivity index (χ1n) is 11.9. The number of halogens is 2. The van der Waals surface area contributed by atoms with E-state index in [0.29, 0.717) is 45.9 Å². The van der Waals surface area contributed by atoms with Gasteiger partial charge in [0.15, 0.2) is 0 Å². The zero-order valence-electron chi connectivity index (χ0n) is 21.2. The molecule has 0 aliphatic carbocycles. The Balaban J connectivity index is 1.84. The van der Waals surface area contributed by atoms with Crippen molar-refractivity contribution in [2.24, 2.45) is 0 Å². The topological polar surface area (TPSA) is 90.5 Å². The van der Waals surface area contributed by atoms with Gasteiger partial charge in [0.2, 0.25) is 5.78 Å². The second-order valence-corrected chi connectivity index (χ2v) is 10.1. The van der Waals surface area contributed by atoms with Gasteiger partial charge in [0.25, 0.3) is 5.56 Å². The van der Waals surface area contributed by atoms with Crippen molar-refractivity contribution in [2.75, 3.05) is 13.7 Å². The van der Waals surface area contributed by atoms with E-state index in [-0.39, 0.29) is 24.5 Å². The molecule has 4 rings (SSSR count). The Morgan fingerprint density at radius 2 is 1.92 bits per heavy atom. The molecule has 194 valence electrons. The van der Waals surface area contributed by atoms with Gasteiger partial charge in [0.05, 0.1) is 25.0 Å². The Kier molecular flexibility index (Phi) is 7.89. The van der Waals surface area contributed by atoms with Crippen molar-refractivity contribution in [3.63, 3.8) is 0 Å². The van der Waals surface area contributed by atoms with Gasteiger partial charge in [-0.05, 0) is 54.9 Å². The molecular weight excluding hydrogens is 541 g/mol. The van der Waals surface area contributed by atoms with Crippen molar-refractivity contribution < 1.29 is 13.9 Å². The number of nitrogens with one attached hydrogen (secondary N) is 1. The third-order valence-corrected chi connectivity index (χ3v) is 7.37. The van der Waals surface area contributed by atoms with E-state index < -0.39 is 11.4 Å². The van der Waals surface area contributed by atoms with Crippen molar-refractivity contribution in [3.05, 3.63) is 97.6 Å². The molecule has 0 bridgehead atoms. The SMILES string of the molecule is COC(=O)C(C)(C)c1nc2n(Cc3ccccc3F)c(C)c(Br)c(=O)n2c1CNCCc1ccccn1. The number of esters is 1. The van der Waals surface area contributed by atoms with Gasteiger partial charge < -0.3 is 14.6 Å². The largest absolute Gasteiger partial charge is 0.468 e. The molecule has 0 spiro atoms. The van der Waals surface area contributed by atoms with Gasteiger partial charge in [-0.25, -0.2) is 13.8 Å². The summed E-state index contributed by atoms with van der Waals surface area (Å²) in [6.45, 7) is 6.23. The lowest BCUT2D eigenvalue weighted by Crippen LogP contribution is -2.33. The molecule has 37 heavy (non-hydrogen) atoms. The van der Waals surface area contributed by atoms with Crippen LogP contribution in [0.5, 0.6) is 0 Å². The summed E-state index contributed by atoms with van der Waals surface area (Å²) in [4.78, 5) is 35.4. The van der Waals surface area contributed by atoms with E-state index >= 15 is 0 Å². The molecule has 1 N–H and O–H groups in total. The Labute approximate surface area is 222 Å². The highest BCUT2D eigenvalue weighted by Gasteiger charge is 2.38. The first-order chi connectivity index (χ1) is 17.7. The van der Waals surface area contributed by atoms with Crippen LogP contribution in [-0.2, 0) is 34.5 Å². The Bertz CT molecular complexity index is 1500. The quantitative estimate of drug-likeness (QED) is 0.242. The number of nitrogens with zero attached hydrogens (tertiary/aromatic N) is 4. The van der Waals surface area contributed by atoms with Gasteiger partial charge in [-0.15, -0.1) is 0 Å². The zero-order valence-corrected chi connectivity index (χ0v) is 22.8. The molecule has 0 saturated carbocycles. The summed E-state index contributed by atoms with van der Waals surface area (Å²) in [6, 6.07) is 12.2. The molecule has 0 atom stereocenters. The number of imidazole rings is 1. The van der Waals surface area contributed by atoms with Crippen LogP contribution in [-0.4, -0.2) is 38.6 Å². The van der Waals surface area contributed by atoms with Crippen LogP contribution in [0.2, 0.25) is 0 Å². The van der Waals surface area contributed by atoms with Crippen molar-refractivity contribution in [1.82, 2.24) is 24.3 Å². The van der Waals surface area contributed by atoms with Gasteiger partial charge in [-0.3, -0.25) is 14.6 Å². The first-order valence-corrected chi connectivity index (χ1v) is 12.7. The first kappa shape index (κ1) is 26.7. The molecule has 3 heterocycles. The number of hydrogen-bond acceptors (Lipinski definition) is 6. The van der Waals surface area contributed by atoms with Crippen LogP contribution in [0, 0.1) is 12.7 Å². The van der Waals surface area contributed by atoms with E-state index in [2.05, 4.69) is 26.2 Å². The van der Waals surface area contributed by atoms with Gasteiger partial charge in [-0.2, -0.15) is 0 Å². The third kappa shape index (κ3) is 5.21. The molecule has 0 fully saturated rings. The molecule has 8 nitrogen and oxygen atoms in total. The van der Waals surface area contributed by atoms with Crippen molar-refractivity contribution in [1.29, 1.82) is 0 Å². The molecule has 1 aromatic carbocycles. The number of rotatable bonds is 9. The minimum atomic E-state index is -1.14. The zero-order chi connectivity index (χ0) is 26.7. The highest BCUT2D eigenvalue weighted by atomic mass is 79.9. The molecular formula is C27H29BrFN5O3. The van der Waals surface area contributed by atoms with Gasteiger partial charge in [0, 0.05) is 42.7 Å². The van der Waals surface area contributed by atoms with Gasteiger partial charge in [0.1, 0.15) is 15.7 Å². The molecule has 4 aromatic rings. The molecule has 0 saturated heterocycles. The average Bonchev–Trinajstić information content (AvgIpc) is 3.29. The highest BCUT2D eigenvalue weighted by Crippen LogP contribution is 2.29. The normalized spacial score (nSPS) is 11.7. The maximum Gasteiger partial charge on any atom is 0.317 e. The standard InChI is InChI=1S/C27H29BrFN5O3/c1-17-22(28)24(35)34-21(15-30-14-12-19-10-7-8-13-31-19)23(27(2,3)25(36)37-4)32-26(34)33(17)16-18-9-5-6-11-20(18)29/h5-11,13,30H,12,14-16H2,1-4H3. The summed E-state index contributed by atoms with van der Waals surface area (Å²) in [5.74, 6) is -0.509. The second kappa shape index (κ2) is 10.9. The summed E-state index contributed by atoms with van der Waals surface area (Å²) in [7, 11) is 1.32. The van der Waals surface area contributed by atoms with E-state index in [1.807, 2.05) is 18.2 Å². The number of ether oxygens (including phenoxy) is 1. The predicted octanol–water partition coefficient (Wildman–Crippen LogP) is 3.93. The molecule has 0 aliphatic heterocycles. The Morgan fingerprint density at radius 3 is 2.59 bits per heavy atom. The van der Waals surface area contributed by atoms with Crippen LogP contribution < -0.4 is 10.9 Å². The molecule has 0 aliphatic rings. The summed E-state index contributed by atoms with van der Waals surface area (Å²) in [5, 5.41) is 3.36. The number of pyridine rings is 1. The van der Waals surface area contributed by atoms with Crippen LogP contribution in [0.3, 0.4) is 0 Å². The monoisotopic (exact) mass is 569 g/mol. The van der Waals surface area contributed by atoms with Crippen LogP contribution >= 0.6 is 15.9 Å². The van der Waals surface area contributed by atoms with Gasteiger partial charge >= 0.3 is 5.97 Å². The molecule has 0 amide bonds. The number of carbonyl (C=O) groups excluding carboxylic acids is 1. The van der Waals surface area contributed by atoms with Crippen LogP contribution in [0.15, 0.2) is 57.9 Å². The smallest absolute Gasteiger partial charge is 0.317 e. The van der Waals surface area contributed by atoms with Crippen LogP contribution in [0.1, 0.15) is 42.2 Å². The highest BCUT2D eigenvalue weighted by molar-refractivity contribution is 9.10. The van der Waals surface area contributed by atoms with E-state index in [1.165, 1.54) is 17.6 Å². The number of fused-ring (bicyclic) bond motifs is 1. The summed E-state index contributed by atoms with van der Waals surface area (Å²) >= 11 is 3.44. The Morgan fingerprint density at radius 1 is 1.19 bits per heavy atom. The number of methoxy groups -OCH3 is 1. The van der Waals surface area contributed by atoms with Gasteiger partial charge in [-0.1, -0.05) is 24.3 Å². The van der Waals surface area contributed by atoms with E-state index in [4.69, 9.17) is 9.72 Å². The van der Waals surface area contributed by atoms with Crippen molar-refractivity contribution in [2.45, 2.75) is 45.7 Å². The summed E-state index contributed by atoms with van der Waals surface area (Å²) in [6.07, 6.45) is 2.43. The molecule has 0 radical (unpaired) electrons. The van der Waals surface area contributed by atoms with E-state index in [1.54, 1.807) is 49.7 Å². The van der Waals surface area contributed by atoms with E-state index in [9.17, 15) is 14.0 Å². The van der Waals surface area contributed by atoms with Crippen molar-refractivity contribution in [3.8, 4) is 0 Å². The van der Waals surface area contributed by atoms with Crippen LogP contribution in [0.4, 0.5) is 4.39 Å². The predicted molar refractivity (Wildman–Crippen MR) is 142 cm³/mol. The molecule has 3 aromatic heterocycles. The Hall–Kier alpha value is -3.37. The second-order valence-electron chi connectivity index (χ2n) is 9.29. The number of benzene rings is 1. The fraction of sp³-hybridized carbons (Fsp3) is 0.333. The lowest BCUT2D eigenvalue weighted by molar-refractivity contribution is -0.146. The lowest BCUT2D eigenvalue weighted by Gasteiger charge is -2.21. The fourth-order valence-electron chi connectivity index (χ4n) is 4.33. The number of aromatic nitrogens is 4. The van der Waals surface area contributed by atoms with E-state index in [0.717, 1.165) is 5.69 Å². The minimum absolute atomic E-state index is 0.155. The maximum absolute atomic E-state index is 14.6. The summed E-state index contributed by atoms with van der Waals surface area (Å²) in [5.41, 5.74) is 1.51. The average molecular weight is 570 g/mol. The lowest BCUT2D eigenvalue weighted by atomic mass is 9.88. The maximum atomic E-state index is 14.6.